The van der Waals surface area contributed by atoms with Crippen molar-refractivity contribution in [3.05, 3.63) is 72.9 Å². The van der Waals surface area contributed by atoms with Gasteiger partial charge in [0, 0.05) is 13.0 Å². The van der Waals surface area contributed by atoms with E-state index >= 15 is 0 Å². The van der Waals surface area contributed by atoms with Gasteiger partial charge in [-0.1, -0.05) is 72.9 Å². The smallest absolute Gasteiger partial charge is 0.303 e. The van der Waals surface area contributed by atoms with Gasteiger partial charge in [-0.3, -0.25) is 4.79 Å². The van der Waals surface area contributed by atoms with Crippen molar-refractivity contribution >= 4 is 5.97 Å². The maximum Gasteiger partial charge on any atom is 0.303 e. The van der Waals surface area contributed by atoms with Crippen LogP contribution >= 0.6 is 0 Å². The summed E-state index contributed by atoms with van der Waals surface area (Å²) in [6.45, 7) is 0.222. The molecule has 0 unspecified atom stereocenters. The summed E-state index contributed by atoms with van der Waals surface area (Å²) in [6.07, 6.45) is 32.7. The highest BCUT2D eigenvalue weighted by atomic mass is 16.4. The minimum absolute atomic E-state index is 0.222. The Hall–Kier alpha value is -2.13. The number of rotatable bonds is 16. The first-order valence-electron chi connectivity index (χ1n) is 9.50. The molecule has 144 valence electrons. The Morgan fingerprint density at radius 2 is 0.923 bits per heavy atom. The Bertz CT molecular complexity index is 494. The van der Waals surface area contributed by atoms with Crippen molar-refractivity contribution in [1.29, 1.82) is 0 Å². The van der Waals surface area contributed by atoms with Gasteiger partial charge in [-0.25, -0.2) is 0 Å². The predicted octanol–water partition coefficient (Wildman–Crippen LogP) is 5.91. The van der Waals surface area contributed by atoms with Crippen molar-refractivity contribution in [3.8, 4) is 0 Å². The Kier molecular flexibility index (Phi) is 19.2. The van der Waals surface area contributed by atoms with Crippen LogP contribution in [0.15, 0.2) is 72.9 Å². The van der Waals surface area contributed by atoms with E-state index in [-0.39, 0.29) is 13.0 Å². The fourth-order valence-corrected chi connectivity index (χ4v) is 2.04. The monoisotopic (exact) mass is 358 g/mol. The normalized spacial score (nSPS) is 13.0. The molecule has 0 bridgehead atoms. The van der Waals surface area contributed by atoms with Crippen LogP contribution < -0.4 is 0 Å². The molecule has 0 heterocycles. The second-order valence-corrected chi connectivity index (χ2v) is 5.81. The lowest BCUT2D eigenvalue weighted by atomic mass is 10.2. The third-order valence-electron chi connectivity index (χ3n) is 3.42. The van der Waals surface area contributed by atoms with E-state index in [1.807, 2.05) is 12.2 Å². The highest BCUT2D eigenvalue weighted by Gasteiger charge is 1.92. The number of carbonyl (C=O) groups is 1. The minimum atomic E-state index is -0.723. The van der Waals surface area contributed by atoms with Gasteiger partial charge in [0.25, 0.3) is 0 Å². The van der Waals surface area contributed by atoms with Gasteiger partial charge in [-0.05, 0) is 51.4 Å². The summed E-state index contributed by atoms with van der Waals surface area (Å²) >= 11 is 0. The topological polar surface area (TPSA) is 57.5 Å². The van der Waals surface area contributed by atoms with Crippen LogP contribution in [-0.2, 0) is 4.79 Å². The molecule has 0 saturated heterocycles. The van der Waals surface area contributed by atoms with Gasteiger partial charge >= 0.3 is 5.97 Å². The van der Waals surface area contributed by atoms with Crippen LogP contribution in [0, 0.1) is 0 Å². The molecule has 26 heavy (non-hydrogen) atoms. The van der Waals surface area contributed by atoms with Crippen molar-refractivity contribution in [2.24, 2.45) is 0 Å². The number of hydrogen-bond acceptors (Lipinski definition) is 2. The zero-order chi connectivity index (χ0) is 19.1. The van der Waals surface area contributed by atoms with E-state index in [1.165, 1.54) is 0 Å². The zero-order valence-corrected chi connectivity index (χ0v) is 15.8. The number of aliphatic hydroxyl groups excluding tert-OH is 1. The number of hydrogen-bond donors (Lipinski definition) is 2. The van der Waals surface area contributed by atoms with E-state index < -0.39 is 5.97 Å². The van der Waals surface area contributed by atoms with Crippen LogP contribution in [0.4, 0.5) is 0 Å². The molecule has 0 rings (SSSR count). The summed E-state index contributed by atoms with van der Waals surface area (Å²) in [7, 11) is 0. The van der Waals surface area contributed by atoms with Crippen molar-refractivity contribution in [2.75, 3.05) is 6.61 Å². The molecule has 3 heteroatoms. The number of unbranched alkanes of at least 4 members (excludes halogenated alkanes) is 1. The fraction of sp³-hybridized carbons (Fsp3) is 0.435. The second-order valence-electron chi connectivity index (χ2n) is 5.81. The number of allylic oxidation sites excluding steroid dienone is 11. The molecule has 2 N–H and O–H groups in total. The molecule has 0 aromatic heterocycles. The lowest BCUT2D eigenvalue weighted by Crippen LogP contribution is -1.92. The first kappa shape index (κ1) is 23.9. The van der Waals surface area contributed by atoms with E-state index in [9.17, 15) is 4.79 Å². The molecule has 0 spiro atoms. The molecular formula is C23H34O3. The summed E-state index contributed by atoms with van der Waals surface area (Å²) in [5.41, 5.74) is 0. The van der Waals surface area contributed by atoms with Gasteiger partial charge in [0.1, 0.15) is 0 Å². The van der Waals surface area contributed by atoms with Gasteiger partial charge < -0.3 is 10.2 Å². The number of carboxylic acids is 1. The average molecular weight is 359 g/mol. The number of aliphatic hydroxyl groups is 1. The largest absolute Gasteiger partial charge is 0.481 e. The van der Waals surface area contributed by atoms with Crippen molar-refractivity contribution in [1.82, 2.24) is 0 Å². The molecule has 0 fully saturated rings. The zero-order valence-electron chi connectivity index (χ0n) is 15.8. The van der Waals surface area contributed by atoms with Crippen LogP contribution in [0.1, 0.15) is 57.8 Å². The second kappa shape index (κ2) is 20.9. The van der Waals surface area contributed by atoms with Crippen LogP contribution in [0.5, 0.6) is 0 Å². The summed E-state index contributed by atoms with van der Waals surface area (Å²) in [4.78, 5) is 10.3. The summed E-state index contributed by atoms with van der Waals surface area (Å²) in [5, 5.41) is 17.1. The fourth-order valence-electron chi connectivity index (χ4n) is 2.04. The van der Waals surface area contributed by atoms with Crippen LogP contribution in [0.2, 0.25) is 0 Å². The maximum absolute atomic E-state index is 10.3. The third-order valence-corrected chi connectivity index (χ3v) is 3.42. The molecule has 0 amide bonds. The molecule has 0 aromatic rings. The molecule has 0 atom stereocenters. The first-order chi connectivity index (χ1) is 12.8. The molecule has 3 nitrogen and oxygen atoms in total. The maximum atomic E-state index is 10.3. The Morgan fingerprint density at radius 1 is 0.577 bits per heavy atom. The van der Waals surface area contributed by atoms with E-state index in [0.29, 0.717) is 6.42 Å². The predicted molar refractivity (Wildman–Crippen MR) is 111 cm³/mol. The molecule has 0 aliphatic heterocycles. The van der Waals surface area contributed by atoms with E-state index in [4.69, 9.17) is 10.2 Å². The average Bonchev–Trinajstić information content (AvgIpc) is 2.62. The standard InChI is InChI=1S/C23H34O3/c24-22-20-18-16-14-12-10-8-6-4-2-1-3-5-7-9-11-13-15-17-19-21-23(25)26/h1,3-4,6-7,9-10,12-13,15-16,18,24H,2,5,8,11,14,17,19-22H2,(H,25,26)/b3-1-,6-4-,9-7-,12-10-,15-13-,18-16-. The van der Waals surface area contributed by atoms with Crippen molar-refractivity contribution in [2.45, 2.75) is 57.8 Å². The Labute approximate surface area is 158 Å². The Morgan fingerprint density at radius 3 is 1.27 bits per heavy atom. The SMILES string of the molecule is O=C(O)CCC/C=C\C/C=C\C/C=C\C/C=C\C/C=C\C/C=C\CCO. The van der Waals surface area contributed by atoms with Gasteiger partial charge in [-0.2, -0.15) is 0 Å². The van der Waals surface area contributed by atoms with E-state index in [2.05, 4.69) is 60.8 Å². The summed E-state index contributed by atoms with van der Waals surface area (Å²) in [5.74, 6) is -0.723. The minimum Gasteiger partial charge on any atom is -0.481 e. The molecule has 0 aromatic carbocycles. The highest BCUT2D eigenvalue weighted by Crippen LogP contribution is 1.99. The highest BCUT2D eigenvalue weighted by molar-refractivity contribution is 5.66. The van der Waals surface area contributed by atoms with Crippen LogP contribution in [-0.4, -0.2) is 22.8 Å². The lowest BCUT2D eigenvalue weighted by Gasteiger charge is -1.89. The molecule has 0 aliphatic rings. The quantitative estimate of drug-likeness (QED) is 0.266. The van der Waals surface area contributed by atoms with Crippen molar-refractivity contribution < 1.29 is 15.0 Å². The first-order valence-corrected chi connectivity index (χ1v) is 9.50. The van der Waals surface area contributed by atoms with E-state index in [1.54, 1.807) is 0 Å². The van der Waals surface area contributed by atoms with Gasteiger partial charge in [0.05, 0.1) is 0 Å². The number of aliphatic carboxylic acids is 1. The van der Waals surface area contributed by atoms with Crippen LogP contribution in [0.3, 0.4) is 0 Å². The van der Waals surface area contributed by atoms with Gasteiger partial charge in [-0.15, -0.1) is 0 Å². The molecular weight excluding hydrogens is 324 g/mol. The van der Waals surface area contributed by atoms with Crippen LogP contribution in [0.25, 0.3) is 0 Å². The van der Waals surface area contributed by atoms with E-state index in [0.717, 1.165) is 44.9 Å². The van der Waals surface area contributed by atoms with Gasteiger partial charge in [0.2, 0.25) is 0 Å². The third kappa shape index (κ3) is 21.9. The van der Waals surface area contributed by atoms with Gasteiger partial charge in [0.15, 0.2) is 0 Å². The molecule has 0 aliphatic carbocycles. The lowest BCUT2D eigenvalue weighted by molar-refractivity contribution is -0.137. The summed E-state index contributed by atoms with van der Waals surface area (Å²) < 4.78 is 0. The Balaban J connectivity index is 3.50. The molecule has 0 radical (unpaired) electrons. The molecule has 0 saturated carbocycles. The number of carboxylic acid groups (broad SMARTS) is 1. The van der Waals surface area contributed by atoms with Crippen molar-refractivity contribution in [3.63, 3.8) is 0 Å². The summed E-state index contributed by atoms with van der Waals surface area (Å²) in [6, 6.07) is 0.